The molecular weight excluding hydrogens is 259 g/mol. The lowest BCUT2D eigenvalue weighted by atomic mass is 10.2. The van der Waals surface area contributed by atoms with Gasteiger partial charge in [-0.2, -0.15) is 13.2 Å². The Hall–Kier alpha value is -2.12. The van der Waals surface area contributed by atoms with Crippen LogP contribution in [-0.4, -0.2) is 26.4 Å². The fourth-order valence-corrected chi connectivity index (χ4v) is 1.75. The van der Waals surface area contributed by atoms with Crippen molar-refractivity contribution in [2.75, 3.05) is 0 Å². The van der Waals surface area contributed by atoms with Gasteiger partial charge in [-0.15, -0.1) is 0 Å². The number of imidazole rings is 1. The van der Waals surface area contributed by atoms with Gasteiger partial charge < -0.3 is 10.1 Å². The minimum Gasteiger partial charge on any atom is -0.382 e. The van der Waals surface area contributed by atoms with Crippen molar-refractivity contribution in [3.63, 3.8) is 0 Å². The van der Waals surface area contributed by atoms with E-state index in [0.29, 0.717) is 11.3 Å². The summed E-state index contributed by atoms with van der Waals surface area (Å²) in [5.41, 5.74) is 6.49. The predicted octanol–water partition coefficient (Wildman–Crippen LogP) is 1.90. The van der Waals surface area contributed by atoms with Gasteiger partial charge in [-0.05, 0) is 12.8 Å². The highest BCUT2D eigenvalue weighted by atomic mass is 19.4. The summed E-state index contributed by atoms with van der Waals surface area (Å²) >= 11 is 0. The number of fused-ring (bicyclic) bond motifs is 1. The molecule has 0 atom stereocenters. The highest BCUT2D eigenvalue weighted by Gasteiger charge is 2.26. The van der Waals surface area contributed by atoms with E-state index in [-0.39, 0.29) is 24.4 Å². The van der Waals surface area contributed by atoms with Crippen LogP contribution in [0.4, 0.5) is 13.2 Å². The first-order valence-corrected chi connectivity index (χ1v) is 5.60. The lowest BCUT2D eigenvalue weighted by Gasteiger charge is -2.08. The lowest BCUT2D eigenvalue weighted by Crippen LogP contribution is -2.16. The van der Waals surface area contributed by atoms with Crippen molar-refractivity contribution in [1.29, 1.82) is 5.41 Å². The van der Waals surface area contributed by atoms with Crippen LogP contribution < -0.4 is 5.73 Å². The van der Waals surface area contributed by atoms with Crippen molar-refractivity contribution in [3.8, 4) is 0 Å². The summed E-state index contributed by atoms with van der Waals surface area (Å²) in [4.78, 5) is 8.13. The van der Waals surface area contributed by atoms with Crippen LogP contribution in [0.25, 0.3) is 5.65 Å². The first-order valence-electron chi connectivity index (χ1n) is 5.60. The zero-order valence-corrected chi connectivity index (χ0v) is 9.91. The summed E-state index contributed by atoms with van der Waals surface area (Å²) in [6.45, 7) is 0. The highest BCUT2D eigenvalue weighted by Crippen LogP contribution is 2.23. The number of alkyl halides is 3. The summed E-state index contributed by atoms with van der Waals surface area (Å²) in [6, 6.07) is 0. The first kappa shape index (κ1) is 13.3. The molecule has 0 fully saturated rings. The van der Waals surface area contributed by atoms with Gasteiger partial charge in [0.2, 0.25) is 0 Å². The topological polar surface area (TPSA) is 80.1 Å². The number of nitrogen functional groups attached to an aromatic ring is 1. The first-order chi connectivity index (χ1) is 8.87. The Morgan fingerprint density at radius 1 is 1.42 bits per heavy atom. The molecule has 0 aliphatic rings. The van der Waals surface area contributed by atoms with Gasteiger partial charge in [0.1, 0.15) is 11.5 Å². The monoisotopic (exact) mass is 271 g/mol. The Kier molecular flexibility index (Phi) is 3.41. The Balaban J connectivity index is 2.25. The number of aryl methyl sites for hydroxylation is 1. The second-order valence-corrected chi connectivity index (χ2v) is 4.11. The number of nitrogens with two attached hydrogens (primary N) is 1. The molecule has 0 radical (unpaired) electrons. The van der Waals surface area contributed by atoms with Crippen LogP contribution in [0.1, 0.15) is 24.2 Å². The molecule has 0 saturated carbocycles. The summed E-state index contributed by atoms with van der Waals surface area (Å²) < 4.78 is 38.0. The number of hydrogen-bond donors (Lipinski definition) is 2. The molecule has 0 aromatic carbocycles. The Morgan fingerprint density at radius 2 is 2.16 bits per heavy atom. The normalized spacial score (nSPS) is 11.9. The molecule has 0 bridgehead atoms. The fraction of sp³-hybridized carbons (Fsp3) is 0.364. The van der Waals surface area contributed by atoms with E-state index < -0.39 is 12.6 Å². The van der Waals surface area contributed by atoms with E-state index in [2.05, 4.69) is 9.97 Å². The molecule has 0 spiro atoms. The van der Waals surface area contributed by atoms with Gasteiger partial charge in [0.05, 0.1) is 5.69 Å². The number of amidine groups is 1. The zero-order valence-electron chi connectivity index (χ0n) is 9.91. The van der Waals surface area contributed by atoms with Crippen LogP contribution in [-0.2, 0) is 6.42 Å². The fourth-order valence-electron chi connectivity index (χ4n) is 1.75. The summed E-state index contributed by atoms with van der Waals surface area (Å²) in [6.07, 6.45) is -0.292. The maximum atomic E-state index is 12.1. The molecule has 2 heterocycles. The van der Waals surface area contributed by atoms with Crippen molar-refractivity contribution >= 4 is 11.5 Å². The van der Waals surface area contributed by atoms with Gasteiger partial charge in [0.25, 0.3) is 0 Å². The molecule has 0 unspecified atom stereocenters. The van der Waals surface area contributed by atoms with Crippen LogP contribution in [0.5, 0.6) is 0 Å². The van der Waals surface area contributed by atoms with E-state index in [1.54, 1.807) is 10.6 Å². The van der Waals surface area contributed by atoms with Crippen LogP contribution in [0.2, 0.25) is 0 Å². The number of nitrogens with one attached hydrogen (secondary N) is 1. The molecule has 0 aliphatic heterocycles. The maximum absolute atomic E-state index is 12.1. The summed E-state index contributed by atoms with van der Waals surface area (Å²) in [5, 5.41) is 7.34. The Morgan fingerprint density at radius 3 is 2.79 bits per heavy atom. The standard InChI is InChI=1S/C11H12F3N5/c12-11(13,14)3-1-2-7-10-17-4-5-19(10)6-8(18-7)9(15)16/h4-6H,1-3H2,(H3,15,16). The molecule has 2 rings (SSSR count). The van der Waals surface area contributed by atoms with E-state index in [1.807, 2.05) is 0 Å². The van der Waals surface area contributed by atoms with Crippen molar-refractivity contribution in [1.82, 2.24) is 14.4 Å². The van der Waals surface area contributed by atoms with E-state index in [4.69, 9.17) is 11.1 Å². The average molecular weight is 271 g/mol. The maximum Gasteiger partial charge on any atom is 0.389 e. The quantitative estimate of drug-likeness (QED) is 0.658. The van der Waals surface area contributed by atoms with Gasteiger partial charge in [0.15, 0.2) is 5.65 Å². The smallest absolute Gasteiger partial charge is 0.382 e. The zero-order chi connectivity index (χ0) is 14.0. The highest BCUT2D eigenvalue weighted by molar-refractivity contribution is 5.93. The molecular formula is C11H12F3N5. The minimum absolute atomic E-state index is 0.0691. The Labute approximate surface area is 106 Å². The molecule has 8 heteroatoms. The van der Waals surface area contributed by atoms with Crippen LogP contribution in [0.3, 0.4) is 0 Å². The van der Waals surface area contributed by atoms with Gasteiger partial charge in [-0.25, -0.2) is 9.97 Å². The van der Waals surface area contributed by atoms with Crippen molar-refractivity contribution in [2.45, 2.75) is 25.4 Å². The lowest BCUT2D eigenvalue weighted by molar-refractivity contribution is -0.135. The van der Waals surface area contributed by atoms with E-state index >= 15 is 0 Å². The van der Waals surface area contributed by atoms with Gasteiger partial charge in [0, 0.05) is 25.0 Å². The minimum atomic E-state index is -4.18. The third-order valence-corrected chi connectivity index (χ3v) is 2.59. The van der Waals surface area contributed by atoms with Crippen molar-refractivity contribution in [2.24, 2.45) is 5.73 Å². The molecule has 3 N–H and O–H groups in total. The number of halogens is 3. The molecule has 2 aromatic rings. The molecule has 0 aliphatic carbocycles. The summed E-state index contributed by atoms with van der Waals surface area (Å²) in [5.74, 6) is -0.229. The van der Waals surface area contributed by atoms with Crippen LogP contribution in [0, 0.1) is 5.41 Å². The number of rotatable bonds is 4. The molecule has 2 aromatic heterocycles. The molecule has 0 saturated heterocycles. The third kappa shape index (κ3) is 3.21. The number of nitrogens with zero attached hydrogens (tertiary/aromatic N) is 3. The predicted molar refractivity (Wildman–Crippen MR) is 63.0 cm³/mol. The van der Waals surface area contributed by atoms with Gasteiger partial charge in [-0.3, -0.25) is 5.41 Å². The second-order valence-electron chi connectivity index (χ2n) is 4.11. The van der Waals surface area contributed by atoms with Crippen molar-refractivity contribution in [3.05, 3.63) is 30.0 Å². The number of aromatic nitrogens is 3. The van der Waals surface area contributed by atoms with E-state index in [0.717, 1.165) is 0 Å². The molecule has 102 valence electrons. The van der Waals surface area contributed by atoms with Crippen LogP contribution in [0.15, 0.2) is 18.6 Å². The van der Waals surface area contributed by atoms with E-state index in [1.165, 1.54) is 12.4 Å². The van der Waals surface area contributed by atoms with Gasteiger partial charge >= 0.3 is 6.18 Å². The van der Waals surface area contributed by atoms with Crippen molar-refractivity contribution < 1.29 is 13.2 Å². The largest absolute Gasteiger partial charge is 0.389 e. The molecule has 19 heavy (non-hydrogen) atoms. The van der Waals surface area contributed by atoms with E-state index in [9.17, 15) is 13.2 Å². The second kappa shape index (κ2) is 4.87. The molecule has 5 nitrogen and oxygen atoms in total. The summed E-state index contributed by atoms with van der Waals surface area (Å²) in [7, 11) is 0. The Bertz CT molecular complexity index is 602. The molecule has 0 amide bonds. The third-order valence-electron chi connectivity index (χ3n) is 2.59. The number of hydrogen-bond acceptors (Lipinski definition) is 3. The average Bonchev–Trinajstić information content (AvgIpc) is 2.74. The van der Waals surface area contributed by atoms with Gasteiger partial charge in [-0.1, -0.05) is 0 Å². The van der Waals surface area contributed by atoms with Crippen LogP contribution >= 0.6 is 0 Å². The SMILES string of the molecule is N=C(N)c1cn2ccnc2c(CCCC(F)(F)F)n1.